The van der Waals surface area contributed by atoms with E-state index < -0.39 is 0 Å². The quantitative estimate of drug-likeness (QED) is 0.746. The van der Waals surface area contributed by atoms with Gasteiger partial charge in [0.25, 0.3) is 0 Å². The van der Waals surface area contributed by atoms with E-state index in [0.29, 0.717) is 6.54 Å². The zero-order valence-electron chi connectivity index (χ0n) is 16.1. The molecule has 3 heterocycles. The van der Waals surface area contributed by atoms with E-state index in [1.807, 2.05) is 23.1 Å². The first-order chi connectivity index (χ1) is 13.7. The molecule has 0 N–H and O–H groups in total. The van der Waals surface area contributed by atoms with Crippen molar-refractivity contribution < 1.29 is 4.79 Å². The van der Waals surface area contributed by atoms with Crippen molar-refractivity contribution in [1.82, 2.24) is 14.7 Å². The Kier molecular flexibility index (Phi) is 6.52. The van der Waals surface area contributed by atoms with Gasteiger partial charge in [-0.25, -0.2) is 0 Å². The van der Waals surface area contributed by atoms with Gasteiger partial charge in [-0.2, -0.15) is 0 Å². The van der Waals surface area contributed by atoms with Crippen LogP contribution in [-0.4, -0.2) is 79.5 Å². The zero-order valence-corrected chi connectivity index (χ0v) is 17.7. The molecule has 5 nitrogen and oxygen atoms in total. The van der Waals surface area contributed by atoms with E-state index in [4.69, 9.17) is 11.6 Å². The standard InChI is InChI=1S/C21H27ClN4OS/c22-19-5-1-2-6-20(19)25-11-7-24(8-12-25)17-21(27)26-13-9-23(10-14-26)16-18-4-3-15-28-18/h1-6,15H,7-14,16-17H2. The summed E-state index contributed by atoms with van der Waals surface area (Å²) in [5, 5.41) is 2.92. The number of thiophene rings is 1. The second-order valence-electron chi connectivity index (χ2n) is 7.45. The van der Waals surface area contributed by atoms with Crippen molar-refractivity contribution in [2.24, 2.45) is 0 Å². The smallest absolute Gasteiger partial charge is 0.236 e. The summed E-state index contributed by atoms with van der Waals surface area (Å²) >= 11 is 8.12. The molecule has 28 heavy (non-hydrogen) atoms. The molecule has 0 atom stereocenters. The van der Waals surface area contributed by atoms with Gasteiger partial charge in [0.2, 0.25) is 5.91 Å². The summed E-state index contributed by atoms with van der Waals surface area (Å²) in [5.74, 6) is 0.266. The minimum atomic E-state index is 0.266. The van der Waals surface area contributed by atoms with E-state index in [1.165, 1.54) is 4.88 Å². The molecular weight excluding hydrogens is 392 g/mol. The Hall–Kier alpha value is -1.60. The third kappa shape index (κ3) is 4.87. The van der Waals surface area contributed by atoms with Crippen LogP contribution in [0.15, 0.2) is 41.8 Å². The molecular formula is C21H27ClN4OS. The van der Waals surface area contributed by atoms with Crippen LogP contribution in [0.1, 0.15) is 4.88 Å². The summed E-state index contributed by atoms with van der Waals surface area (Å²) in [6.07, 6.45) is 0. The molecule has 2 aliphatic rings. The van der Waals surface area contributed by atoms with E-state index >= 15 is 0 Å². The number of carbonyl (C=O) groups excluding carboxylic acids is 1. The van der Waals surface area contributed by atoms with Crippen LogP contribution in [-0.2, 0) is 11.3 Å². The molecule has 2 saturated heterocycles. The van der Waals surface area contributed by atoms with Crippen molar-refractivity contribution in [3.05, 3.63) is 51.7 Å². The van der Waals surface area contributed by atoms with Gasteiger partial charge in [-0.15, -0.1) is 11.3 Å². The fourth-order valence-electron chi connectivity index (χ4n) is 3.92. The highest BCUT2D eigenvalue weighted by atomic mass is 35.5. The molecule has 0 saturated carbocycles. The van der Waals surface area contributed by atoms with Crippen molar-refractivity contribution in [3.63, 3.8) is 0 Å². The highest BCUT2D eigenvalue weighted by molar-refractivity contribution is 7.09. The van der Waals surface area contributed by atoms with Crippen LogP contribution >= 0.6 is 22.9 Å². The number of halogens is 1. The molecule has 4 rings (SSSR count). The normalized spacial score (nSPS) is 19.2. The number of para-hydroxylation sites is 1. The Balaban J connectivity index is 1.20. The number of amides is 1. The maximum Gasteiger partial charge on any atom is 0.236 e. The fourth-order valence-corrected chi connectivity index (χ4v) is 4.93. The lowest BCUT2D eigenvalue weighted by atomic mass is 10.2. The second-order valence-corrected chi connectivity index (χ2v) is 8.89. The van der Waals surface area contributed by atoms with E-state index in [9.17, 15) is 4.79 Å². The van der Waals surface area contributed by atoms with Gasteiger partial charge >= 0.3 is 0 Å². The molecule has 2 aromatic rings. The molecule has 0 spiro atoms. The predicted octanol–water partition coefficient (Wildman–Crippen LogP) is 2.87. The van der Waals surface area contributed by atoms with Gasteiger partial charge in [0.05, 0.1) is 17.3 Å². The predicted molar refractivity (Wildman–Crippen MR) is 116 cm³/mol. The van der Waals surface area contributed by atoms with Gasteiger partial charge in [0.1, 0.15) is 0 Å². The van der Waals surface area contributed by atoms with Crippen LogP contribution in [0.5, 0.6) is 0 Å². The van der Waals surface area contributed by atoms with Gasteiger partial charge in [0, 0.05) is 63.8 Å². The first-order valence-corrected chi connectivity index (χ1v) is 11.2. The number of hydrogen-bond donors (Lipinski definition) is 0. The molecule has 1 aromatic heterocycles. The van der Waals surface area contributed by atoms with Crippen LogP contribution in [0.25, 0.3) is 0 Å². The van der Waals surface area contributed by atoms with E-state index in [1.54, 1.807) is 11.3 Å². The zero-order chi connectivity index (χ0) is 19.3. The van der Waals surface area contributed by atoms with Crippen LogP contribution < -0.4 is 4.90 Å². The van der Waals surface area contributed by atoms with E-state index in [-0.39, 0.29) is 5.91 Å². The summed E-state index contributed by atoms with van der Waals surface area (Å²) in [7, 11) is 0. The Morgan fingerprint density at radius 1 is 0.893 bits per heavy atom. The minimum absolute atomic E-state index is 0.266. The van der Waals surface area contributed by atoms with E-state index in [0.717, 1.165) is 69.6 Å². The number of carbonyl (C=O) groups is 1. The Bertz CT molecular complexity index is 768. The van der Waals surface area contributed by atoms with Gasteiger partial charge in [-0.1, -0.05) is 29.8 Å². The molecule has 2 fully saturated rings. The molecule has 7 heteroatoms. The van der Waals surface area contributed by atoms with Crippen molar-refractivity contribution in [2.75, 3.05) is 63.8 Å². The Morgan fingerprint density at radius 3 is 2.29 bits per heavy atom. The average Bonchev–Trinajstić information content (AvgIpc) is 3.23. The molecule has 1 amide bonds. The molecule has 0 radical (unpaired) electrons. The molecule has 0 aliphatic carbocycles. The molecule has 150 valence electrons. The first-order valence-electron chi connectivity index (χ1n) is 9.93. The number of nitrogens with zero attached hydrogens (tertiary/aromatic N) is 4. The maximum atomic E-state index is 12.7. The summed E-state index contributed by atoms with van der Waals surface area (Å²) < 4.78 is 0. The SMILES string of the molecule is O=C(CN1CCN(c2ccccc2Cl)CC1)N1CCN(Cc2cccs2)CC1. The van der Waals surface area contributed by atoms with Gasteiger partial charge in [-0.3, -0.25) is 14.6 Å². The third-order valence-electron chi connectivity index (χ3n) is 5.61. The molecule has 0 unspecified atom stereocenters. The van der Waals surface area contributed by atoms with Crippen molar-refractivity contribution in [1.29, 1.82) is 0 Å². The summed E-state index contributed by atoms with van der Waals surface area (Å²) in [5.41, 5.74) is 1.09. The number of benzene rings is 1. The Morgan fingerprint density at radius 2 is 1.61 bits per heavy atom. The first kappa shape index (κ1) is 19.7. The minimum Gasteiger partial charge on any atom is -0.368 e. The topological polar surface area (TPSA) is 30.0 Å². The lowest BCUT2D eigenvalue weighted by molar-refractivity contribution is -0.134. The van der Waals surface area contributed by atoms with Crippen molar-refractivity contribution >= 4 is 34.5 Å². The largest absolute Gasteiger partial charge is 0.368 e. The van der Waals surface area contributed by atoms with Gasteiger partial charge in [-0.05, 0) is 23.6 Å². The average molecular weight is 419 g/mol. The lowest BCUT2D eigenvalue weighted by Crippen LogP contribution is -2.53. The van der Waals surface area contributed by atoms with E-state index in [2.05, 4.69) is 38.3 Å². The highest BCUT2D eigenvalue weighted by Gasteiger charge is 2.25. The fraction of sp³-hybridized carbons (Fsp3) is 0.476. The lowest BCUT2D eigenvalue weighted by Gasteiger charge is -2.38. The number of hydrogen-bond acceptors (Lipinski definition) is 5. The summed E-state index contributed by atoms with van der Waals surface area (Å²) in [6, 6.07) is 12.3. The van der Waals surface area contributed by atoms with Crippen LogP contribution in [0.4, 0.5) is 5.69 Å². The van der Waals surface area contributed by atoms with Gasteiger partial charge in [0.15, 0.2) is 0 Å². The van der Waals surface area contributed by atoms with Crippen LogP contribution in [0.3, 0.4) is 0 Å². The van der Waals surface area contributed by atoms with Crippen molar-refractivity contribution in [3.8, 4) is 0 Å². The second kappa shape index (κ2) is 9.27. The summed E-state index contributed by atoms with van der Waals surface area (Å²) in [6.45, 7) is 8.74. The van der Waals surface area contributed by atoms with Crippen molar-refractivity contribution in [2.45, 2.75) is 6.54 Å². The summed E-state index contributed by atoms with van der Waals surface area (Å²) in [4.78, 5) is 23.2. The molecule has 1 aromatic carbocycles. The number of rotatable bonds is 5. The van der Waals surface area contributed by atoms with Gasteiger partial charge < -0.3 is 9.80 Å². The highest BCUT2D eigenvalue weighted by Crippen LogP contribution is 2.26. The number of anilines is 1. The van der Waals surface area contributed by atoms with Crippen LogP contribution in [0, 0.1) is 0 Å². The van der Waals surface area contributed by atoms with Crippen LogP contribution in [0.2, 0.25) is 5.02 Å². The Labute approximate surface area is 176 Å². The molecule has 0 bridgehead atoms. The monoisotopic (exact) mass is 418 g/mol. The third-order valence-corrected chi connectivity index (χ3v) is 6.79. The maximum absolute atomic E-state index is 12.7. The molecule has 2 aliphatic heterocycles. The number of piperazine rings is 2.